The Morgan fingerprint density at radius 1 is 0.708 bits per heavy atom. The average molecular weight is 336 g/mol. The Balaban J connectivity index is 1.70. The van der Waals surface area contributed by atoms with Crippen LogP contribution in [0.2, 0.25) is 5.02 Å². The molecule has 0 radical (unpaired) electrons. The maximum atomic E-state index is 6.16. The van der Waals surface area contributed by atoms with Gasteiger partial charge in [-0.25, -0.2) is 0 Å². The van der Waals surface area contributed by atoms with Gasteiger partial charge in [0.25, 0.3) is 0 Å². The van der Waals surface area contributed by atoms with Crippen molar-refractivity contribution in [3.8, 4) is 0 Å². The second-order valence-corrected chi connectivity index (χ2v) is 6.10. The van der Waals surface area contributed by atoms with Crippen molar-refractivity contribution in [3.63, 3.8) is 0 Å². The lowest BCUT2D eigenvalue weighted by Gasteiger charge is -2.06. The molecule has 3 nitrogen and oxygen atoms in total. The summed E-state index contributed by atoms with van der Waals surface area (Å²) in [6.45, 7) is 4.07. The zero-order valence-electron chi connectivity index (χ0n) is 13.6. The van der Waals surface area contributed by atoms with Gasteiger partial charge in [0.1, 0.15) is 5.69 Å². The Morgan fingerprint density at radius 3 is 1.92 bits per heavy atom. The molecule has 0 bridgehead atoms. The van der Waals surface area contributed by atoms with Gasteiger partial charge in [-0.3, -0.25) is 0 Å². The lowest BCUT2D eigenvalue weighted by atomic mass is 10.2. The van der Waals surface area contributed by atoms with E-state index in [0.29, 0.717) is 10.7 Å². The molecule has 0 spiro atoms. The molecule has 0 heterocycles. The van der Waals surface area contributed by atoms with E-state index in [2.05, 4.69) is 46.7 Å². The first-order chi connectivity index (χ1) is 11.6. The van der Waals surface area contributed by atoms with Gasteiger partial charge in [-0.05, 0) is 67.9 Å². The average Bonchev–Trinajstić information content (AvgIpc) is 2.57. The third kappa shape index (κ3) is 4.21. The van der Waals surface area contributed by atoms with Crippen LogP contribution in [-0.4, -0.2) is 0 Å². The number of hydrogen-bond donors (Lipinski definition) is 1. The highest BCUT2D eigenvalue weighted by molar-refractivity contribution is 6.33. The van der Waals surface area contributed by atoms with Crippen LogP contribution in [-0.2, 0) is 0 Å². The van der Waals surface area contributed by atoms with E-state index in [1.54, 1.807) is 0 Å². The molecule has 1 N–H and O–H groups in total. The lowest BCUT2D eigenvalue weighted by Crippen LogP contribution is -1.89. The first-order valence-electron chi connectivity index (χ1n) is 7.72. The summed E-state index contributed by atoms with van der Waals surface area (Å²) in [4.78, 5) is 0. The molecule has 0 aliphatic carbocycles. The Morgan fingerprint density at radius 2 is 1.29 bits per heavy atom. The van der Waals surface area contributed by atoms with Crippen LogP contribution in [0.1, 0.15) is 11.1 Å². The second kappa shape index (κ2) is 7.28. The van der Waals surface area contributed by atoms with Gasteiger partial charge in [0, 0.05) is 11.4 Å². The minimum Gasteiger partial charge on any atom is -0.356 e. The molecule has 0 aliphatic heterocycles. The monoisotopic (exact) mass is 335 g/mol. The van der Waals surface area contributed by atoms with E-state index in [-0.39, 0.29) is 0 Å². The molecule has 0 aliphatic rings. The molecule has 3 aromatic carbocycles. The van der Waals surface area contributed by atoms with Crippen LogP contribution < -0.4 is 5.32 Å². The maximum Gasteiger partial charge on any atom is 0.104 e. The molecule has 4 heteroatoms. The van der Waals surface area contributed by atoms with Crippen molar-refractivity contribution >= 4 is 34.4 Å². The zero-order chi connectivity index (χ0) is 16.9. The highest BCUT2D eigenvalue weighted by Gasteiger charge is 1.99. The molecule has 3 rings (SSSR count). The quantitative estimate of drug-likeness (QED) is 0.506. The first kappa shape index (κ1) is 16.2. The summed E-state index contributed by atoms with van der Waals surface area (Å²) in [5.41, 5.74) is 5.86. The van der Waals surface area contributed by atoms with Gasteiger partial charge >= 0.3 is 0 Å². The summed E-state index contributed by atoms with van der Waals surface area (Å²) in [5, 5.41) is 12.4. The number of azo groups is 1. The predicted octanol–water partition coefficient (Wildman–Crippen LogP) is 7.12. The first-order valence-corrected chi connectivity index (χ1v) is 8.09. The molecular weight excluding hydrogens is 318 g/mol. The topological polar surface area (TPSA) is 36.8 Å². The number of hydrogen-bond acceptors (Lipinski definition) is 3. The molecule has 0 aromatic heterocycles. The second-order valence-electron chi connectivity index (χ2n) is 5.69. The SMILES string of the molecule is Cc1ccc(Nc2ccc(N=Nc3ccc(C)cc3Cl)cc2)cc1. The molecule has 120 valence electrons. The van der Waals surface area contributed by atoms with Crippen molar-refractivity contribution in [3.05, 3.63) is 82.9 Å². The molecule has 0 amide bonds. The number of rotatable bonds is 4. The van der Waals surface area contributed by atoms with Crippen molar-refractivity contribution < 1.29 is 0 Å². The number of benzene rings is 3. The van der Waals surface area contributed by atoms with E-state index < -0.39 is 0 Å². The molecule has 0 atom stereocenters. The van der Waals surface area contributed by atoms with Crippen LogP contribution in [0.15, 0.2) is 77.0 Å². The third-order valence-corrected chi connectivity index (χ3v) is 3.89. The Labute approximate surface area is 147 Å². The van der Waals surface area contributed by atoms with Gasteiger partial charge in [-0.2, -0.15) is 5.11 Å². The summed E-state index contributed by atoms with van der Waals surface area (Å²) in [7, 11) is 0. The smallest absolute Gasteiger partial charge is 0.104 e. The zero-order valence-corrected chi connectivity index (χ0v) is 14.4. The van der Waals surface area contributed by atoms with E-state index in [9.17, 15) is 0 Å². The fourth-order valence-corrected chi connectivity index (χ4v) is 2.49. The lowest BCUT2D eigenvalue weighted by molar-refractivity contribution is 1.23. The van der Waals surface area contributed by atoms with Gasteiger partial charge < -0.3 is 5.32 Å². The van der Waals surface area contributed by atoms with E-state index in [4.69, 9.17) is 11.6 Å². The van der Waals surface area contributed by atoms with Crippen LogP contribution in [0.5, 0.6) is 0 Å². The number of anilines is 2. The van der Waals surface area contributed by atoms with Gasteiger partial charge in [-0.1, -0.05) is 35.4 Å². The maximum absolute atomic E-state index is 6.16. The minimum atomic E-state index is 0.608. The fraction of sp³-hybridized carbons (Fsp3) is 0.100. The Hall–Kier alpha value is -2.65. The van der Waals surface area contributed by atoms with Crippen LogP contribution >= 0.6 is 11.6 Å². The van der Waals surface area contributed by atoms with Crippen LogP contribution in [0.4, 0.5) is 22.7 Å². The highest BCUT2D eigenvalue weighted by Crippen LogP contribution is 2.28. The molecule has 0 fully saturated rings. The summed E-state index contributed by atoms with van der Waals surface area (Å²) in [5.74, 6) is 0. The van der Waals surface area contributed by atoms with Crippen LogP contribution in [0.25, 0.3) is 0 Å². The van der Waals surface area contributed by atoms with E-state index in [1.165, 1.54) is 5.56 Å². The van der Waals surface area contributed by atoms with E-state index in [1.807, 2.05) is 49.4 Å². The van der Waals surface area contributed by atoms with E-state index >= 15 is 0 Å². The molecule has 0 unspecified atom stereocenters. The number of aryl methyl sites for hydroxylation is 2. The van der Waals surface area contributed by atoms with Crippen molar-refractivity contribution in [2.75, 3.05) is 5.32 Å². The van der Waals surface area contributed by atoms with Crippen molar-refractivity contribution in [1.29, 1.82) is 0 Å². The summed E-state index contributed by atoms with van der Waals surface area (Å²) in [6, 6.07) is 21.8. The summed E-state index contributed by atoms with van der Waals surface area (Å²) >= 11 is 6.16. The molecular formula is C20H18ClN3. The third-order valence-electron chi connectivity index (χ3n) is 3.58. The Bertz CT molecular complexity index is 853. The normalized spacial score (nSPS) is 11.0. The van der Waals surface area contributed by atoms with Gasteiger partial charge in [0.2, 0.25) is 0 Å². The Kier molecular flexibility index (Phi) is 4.92. The molecule has 0 saturated heterocycles. The van der Waals surface area contributed by atoms with E-state index in [0.717, 1.165) is 22.6 Å². The minimum absolute atomic E-state index is 0.608. The van der Waals surface area contributed by atoms with Crippen molar-refractivity contribution in [2.45, 2.75) is 13.8 Å². The highest BCUT2D eigenvalue weighted by atomic mass is 35.5. The summed E-state index contributed by atoms with van der Waals surface area (Å²) < 4.78 is 0. The van der Waals surface area contributed by atoms with Crippen molar-refractivity contribution in [1.82, 2.24) is 0 Å². The predicted molar refractivity (Wildman–Crippen MR) is 101 cm³/mol. The summed E-state index contributed by atoms with van der Waals surface area (Å²) in [6.07, 6.45) is 0. The number of halogens is 1. The molecule has 0 saturated carbocycles. The molecule has 3 aromatic rings. The largest absolute Gasteiger partial charge is 0.356 e. The number of nitrogens with one attached hydrogen (secondary N) is 1. The van der Waals surface area contributed by atoms with Crippen molar-refractivity contribution in [2.24, 2.45) is 10.2 Å². The fourth-order valence-electron chi connectivity index (χ4n) is 2.22. The van der Waals surface area contributed by atoms with Crippen LogP contribution in [0.3, 0.4) is 0 Å². The standard InChI is InChI=1S/C20H18ClN3/c1-14-3-6-16(7-4-14)22-17-8-10-18(11-9-17)23-24-20-12-5-15(2)13-19(20)21/h3-13,22H,1-2H3. The molecule has 24 heavy (non-hydrogen) atoms. The van der Waals surface area contributed by atoms with Gasteiger partial charge in [0.05, 0.1) is 10.7 Å². The van der Waals surface area contributed by atoms with Crippen LogP contribution in [0, 0.1) is 13.8 Å². The van der Waals surface area contributed by atoms with Gasteiger partial charge in [-0.15, -0.1) is 5.11 Å². The number of nitrogens with zero attached hydrogens (tertiary/aromatic N) is 2. The van der Waals surface area contributed by atoms with Gasteiger partial charge in [0.15, 0.2) is 0 Å².